The molecular weight excluding hydrogens is 180 g/mol. The van der Waals surface area contributed by atoms with Crippen LogP contribution in [0.4, 0.5) is 11.4 Å². The van der Waals surface area contributed by atoms with E-state index in [4.69, 9.17) is 0 Å². The van der Waals surface area contributed by atoms with Gasteiger partial charge in [-0.15, -0.1) is 0 Å². The summed E-state index contributed by atoms with van der Waals surface area (Å²) in [5.74, 6) is 0. The molecule has 0 radical (unpaired) electrons. The molecule has 0 aromatic heterocycles. The lowest BCUT2D eigenvalue weighted by atomic mass is 10.1. The van der Waals surface area contributed by atoms with E-state index in [2.05, 4.69) is 10.6 Å². The van der Waals surface area contributed by atoms with Crippen molar-refractivity contribution >= 4 is 23.9 Å². The normalized spacial score (nSPS) is 9.29. The number of carbonyl (C=O) groups excluding carboxylic acids is 2. The largest absolute Gasteiger partial charge is 0.388 e. The van der Waals surface area contributed by atoms with Crippen molar-refractivity contribution in [3.8, 4) is 0 Å². The summed E-state index contributed by atoms with van der Waals surface area (Å²) in [7, 11) is 3.41. The molecule has 0 amide bonds. The fraction of sp³-hybridized carbons (Fsp3) is 0.200. The molecule has 0 saturated heterocycles. The monoisotopic (exact) mass is 192 g/mol. The van der Waals surface area contributed by atoms with Gasteiger partial charge in [-0.2, -0.15) is 0 Å². The predicted octanol–water partition coefficient (Wildman–Crippen LogP) is 1.39. The zero-order chi connectivity index (χ0) is 10.6. The summed E-state index contributed by atoms with van der Waals surface area (Å²) >= 11 is 0. The fourth-order valence-electron chi connectivity index (χ4n) is 1.26. The maximum Gasteiger partial charge on any atom is 0.152 e. The number of aldehydes is 2. The highest BCUT2D eigenvalue weighted by Crippen LogP contribution is 2.22. The third-order valence-electron chi connectivity index (χ3n) is 2.01. The first-order chi connectivity index (χ1) is 6.76. The minimum Gasteiger partial charge on any atom is -0.388 e. The topological polar surface area (TPSA) is 58.2 Å². The zero-order valence-corrected chi connectivity index (χ0v) is 8.13. The van der Waals surface area contributed by atoms with Crippen LogP contribution in [-0.2, 0) is 0 Å². The first kappa shape index (κ1) is 10.2. The Bertz CT molecular complexity index is 326. The first-order valence-corrected chi connectivity index (χ1v) is 4.20. The predicted molar refractivity (Wildman–Crippen MR) is 56.3 cm³/mol. The molecule has 0 fully saturated rings. The third kappa shape index (κ3) is 1.74. The Morgan fingerprint density at radius 1 is 0.929 bits per heavy atom. The fourth-order valence-corrected chi connectivity index (χ4v) is 1.26. The quantitative estimate of drug-likeness (QED) is 0.708. The maximum absolute atomic E-state index is 10.7. The van der Waals surface area contributed by atoms with Crippen molar-refractivity contribution in [3.05, 3.63) is 23.3 Å². The van der Waals surface area contributed by atoms with Crippen LogP contribution in [0.1, 0.15) is 20.7 Å². The highest BCUT2D eigenvalue weighted by molar-refractivity contribution is 5.93. The van der Waals surface area contributed by atoms with Crippen LogP contribution < -0.4 is 10.6 Å². The van der Waals surface area contributed by atoms with Gasteiger partial charge in [0.2, 0.25) is 0 Å². The molecule has 4 heteroatoms. The Morgan fingerprint density at radius 2 is 1.29 bits per heavy atom. The summed E-state index contributed by atoms with van der Waals surface area (Å²) in [6, 6.07) is 3.28. The molecule has 0 aliphatic carbocycles. The number of benzene rings is 1. The van der Waals surface area contributed by atoms with Gasteiger partial charge in [-0.3, -0.25) is 9.59 Å². The number of hydrogen-bond acceptors (Lipinski definition) is 4. The second kappa shape index (κ2) is 4.41. The molecule has 1 aromatic carbocycles. The molecular formula is C10H12N2O2. The Labute approximate surface area is 82.3 Å². The van der Waals surface area contributed by atoms with Gasteiger partial charge in [0.15, 0.2) is 12.6 Å². The van der Waals surface area contributed by atoms with Gasteiger partial charge in [0.25, 0.3) is 0 Å². The lowest BCUT2D eigenvalue weighted by Crippen LogP contribution is -2.00. The van der Waals surface area contributed by atoms with Crippen LogP contribution in [-0.4, -0.2) is 26.7 Å². The van der Waals surface area contributed by atoms with Crippen molar-refractivity contribution in [2.45, 2.75) is 0 Å². The molecule has 0 heterocycles. The highest BCUT2D eigenvalue weighted by Gasteiger charge is 2.06. The van der Waals surface area contributed by atoms with Gasteiger partial charge in [0.05, 0.1) is 0 Å². The number of nitrogens with one attached hydrogen (secondary N) is 2. The van der Waals surface area contributed by atoms with Gasteiger partial charge in [-0.05, 0) is 12.1 Å². The van der Waals surface area contributed by atoms with Gasteiger partial charge < -0.3 is 10.6 Å². The summed E-state index contributed by atoms with van der Waals surface area (Å²) in [4.78, 5) is 21.4. The summed E-state index contributed by atoms with van der Waals surface area (Å²) in [5.41, 5.74) is 2.37. The summed E-state index contributed by atoms with van der Waals surface area (Å²) in [5, 5.41) is 5.71. The molecule has 0 saturated carbocycles. The molecule has 0 atom stereocenters. The molecule has 14 heavy (non-hydrogen) atoms. The smallest absolute Gasteiger partial charge is 0.152 e. The van der Waals surface area contributed by atoms with E-state index in [1.165, 1.54) is 0 Å². The van der Waals surface area contributed by atoms with Crippen LogP contribution in [0.5, 0.6) is 0 Å². The minimum atomic E-state index is 0.530. The average Bonchev–Trinajstić information content (AvgIpc) is 2.26. The van der Waals surface area contributed by atoms with E-state index in [9.17, 15) is 9.59 Å². The molecule has 0 aliphatic heterocycles. The van der Waals surface area contributed by atoms with E-state index in [0.29, 0.717) is 22.5 Å². The van der Waals surface area contributed by atoms with E-state index in [0.717, 1.165) is 12.6 Å². The molecule has 1 rings (SSSR count). The summed E-state index contributed by atoms with van der Waals surface area (Å²) in [6.45, 7) is 0. The average molecular weight is 192 g/mol. The van der Waals surface area contributed by atoms with E-state index >= 15 is 0 Å². The standard InChI is InChI=1S/C10H12N2O2/c1-11-9-3-8(6-14)10(12-2)4-7(9)5-13/h3-6,11-12H,1-2H3. The highest BCUT2D eigenvalue weighted by atomic mass is 16.1. The first-order valence-electron chi connectivity index (χ1n) is 4.20. The molecule has 1 aromatic rings. The van der Waals surface area contributed by atoms with Crippen molar-refractivity contribution in [2.75, 3.05) is 24.7 Å². The molecule has 0 aliphatic rings. The van der Waals surface area contributed by atoms with E-state index in [1.54, 1.807) is 26.2 Å². The van der Waals surface area contributed by atoms with Crippen LogP contribution in [0, 0.1) is 0 Å². The molecule has 2 N–H and O–H groups in total. The molecule has 0 spiro atoms. The molecule has 0 unspecified atom stereocenters. The Kier molecular flexibility index (Phi) is 3.23. The zero-order valence-electron chi connectivity index (χ0n) is 8.13. The van der Waals surface area contributed by atoms with Gasteiger partial charge in [0, 0.05) is 36.6 Å². The SMILES string of the molecule is CNc1cc(C=O)c(NC)cc1C=O. The van der Waals surface area contributed by atoms with Crippen LogP contribution in [0.25, 0.3) is 0 Å². The van der Waals surface area contributed by atoms with Gasteiger partial charge in [0.1, 0.15) is 0 Å². The Morgan fingerprint density at radius 3 is 1.50 bits per heavy atom. The molecule has 4 nitrogen and oxygen atoms in total. The van der Waals surface area contributed by atoms with Crippen molar-refractivity contribution in [2.24, 2.45) is 0 Å². The molecule has 74 valence electrons. The van der Waals surface area contributed by atoms with E-state index in [-0.39, 0.29) is 0 Å². The maximum atomic E-state index is 10.7. The third-order valence-corrected chi connectivity index (χ3v) is 2.01. The number of hydrogen-bond donors (Lipinski definition) is 2. The number of carbonyl (C=O) groups is 2. The van der Waals surface area contributed by atoms with E-state index < -0.39 is 0 Å². The van der Waals surface area contributed by atoms with Crippen molar-refractivity contribution in [1.29, 1.82) is 0 Å². The number of anilines is 2. The van der Waals surface area contributed by atoms with Crippen molar-refractivity contribution < 1.29 is 9.59 Å². The van der Waals surface area contributed by atoms with Crippen LogP contribution in [0.3, 0.4) is 0 Å². The van der Waals surface area contributed by atoms with Crippen molar-refractivity contribution in [1.82, 2.24) is 0 Å². The summed E-state index contributed by atoms with van der Waals surface area (Å²) < 4.78 is 0. The lowest BCUT2D eigenvalue weighted by molar-refractivity contribution is 0.111. The minimum absolute atomic E-state index is 0.530. The lowest BCUT2D eigenvalue weighted by Gasteiger charge is -2.09. The van der Waals surface area contributed by atoms with E-state index in [1.807, 2.05) is 0 Å². The second-order valence-corrected chi connectivity index (χ2v) is 2.76. The van der Waals surface area contributed by atoms with Crippen LogP contribution >= 0.6 is 0 Å². The van der Waals surface area contributed by atoms with Gasteiger partial charge in [-0.25, -0.2) is 0 Å². The summed E-state index contributed by atoms with van der Waals surface area (Å²) in [6.07, 6.45) is 1.50. The second-order valence-electron chi connectivity index (χ2n) is 2.76. The van der Waals surface area contributed by atoms with Gasteiger partial charge in [-0.1, -0.05) is 0 Å². The molecule has 0 bridgehead atoms. The number of rotatable bonds is 4. The van der Waals surface area contributed by atoms with Crippen LogP contribution in [0.2, 0.25) is 0 Å². The van der Waals surface area contributed by atoms with Gasteiger partial charge >= 0.3 is 0 Å². The Balaban J connectivity index is 3.34. The van der Waals surface area contributed by atoms with Crippen molar-refractivity contribution in [3.63, 3.8) is 0 Å². The Hall–Kier alpha value is -1.84. The van der Waals surface area contributed by atoms with Crippen LogP contribution in [0.15, 0.2) is 12.1 Å².